The van der Waals surface area contributed by atoms with E-state index in [-0.39, 0.29) is 0 Å². The fourth-order valence-electron chi connectivity index (χ4n) is 0.989. The summed E-state index contributed by atoms with van der Waals surface area (Å²) in [6.45, 7) is 4.37. The first-order chi connectivity index (χ1) is 6.27. The predicted molar refractivity (Wildman–Crippen MR) is 57.3 cm³/mol. The Morgan fingerprint density at radius 3 is 2.69 bits per heavy atom. The van der Waals surface area contributed by atoms with E-state index in [0.29, 0.717) is 5.92 Å². The summed E-state index contributed by atoms with van der Waals surface area (Å²) in [5.41, 5.74) is 1.84. The van der Waals surface area contributed by atoms with Crippen molar-refractivity contribution in [2.24, 2.45) is 0 Å². The van der Waals surface area contributed by atoms with Gasteiger partial charge in [0.05, 0.1) is 10.4 Å². The molecule has 0 aliphatic rings. The van der Waals surface area contributed by atoms with Gasteiger partial charge in [-0.1, -0.05) is 13.8 Å². The van der Waals surface area contributed by atoms with Crippen LogP contribution in [0.25, 0.3) is 9.88 Å². The largest absolute Gasteiger partial charge is 0.252 e. The number of nitrogens with zero attached hydrogens (tertiary/aromatic N) is 2. The number of thiazole rings is 2. The van der Waals surface area contributed by atoms with Gasteiger partial charge in [-0.25, -0.2) is 4.98 Å². The molecular formula is C9H10N2S2. The second kappa shape index (κ2) is 3.55. The van der Waals surface area contributed by atoms with Gasteiger partial charge in [0, 0.05) is 17.3 Å². The lowest BCUT2D eigenvalue weighted by atomic mass is 10.2. The van der Waals surface area contributed by atoms with Crippen molar-refractivity contribution in [3.63, 3.8) is 0 Å². The smallest absolute Gasteiger partial charge is 0.135 e. The van der Waals surface area contributed by atoms with E-state index in [0.717, 1.165) is 9.88 Å². The van der Waals surface area contributed by atoms with Crippen LogP contribution in [0.4, 0.5) is 0 Å². The van der Waals surface area contributed by atoms with E-state index in [9.17, 15) is 0 Å². The van der Waals surface area contributed by atoms with E-state index < -0.39 is 0 Å². The zero-order valence-corrected chi connectivity index (χ0v) is 9.15. The summed E-state index contributed by atoms with van der Waals surface area (Å²) in [5.74, 6) is 0.569. The van der Waals surface area contributed by atoms with Crippen LogP contribution >= 0.6 is 22.7 Å². The van der Waals surface area contributed by atoms with Crippen molar-refractivity contribution in [2.75, 3.05) is 0 Å². The number of aromatic nitrogens is 2. The zero-order chi connectivity index (χ0) is 9.26. The molecule has 0 aliphatic heterocycles. The zero-order valence-electron chi connectivity index (χ0n) is 7.52. The molecule has 0 atom stereocenters. The summed E-state index contributed by atoms with van der Waals surface area (Å²) in [5, 5.41) is 1.09. The summed E-state index contributed by atoms with van der Waals surface area (Å²) in [6, 6.07) is 0. The predicted octanol–water partition coefficient (Wildman–Crippen LogP) is 3.39. The summed E-state index contributed by atoms with van der Waals surface area (Å²) in [7, 11) is 0. The van der Waals surface area contributed by atoms with Crippen molar-refractivity contribution >= 4 is 22.7 Å². The maximum Gasteiger partial charge on any atom is 0.135 e. The minimum Gasteiger partial charge on any atom is -0.252 e. The molecule has 0 saturated carbocycles. The lowest BCUT2D eigenvalue weighted by molar-refractivity contribution is 0.885. The highest BCUT2D eigenvalue weighted by atomic mass is 32.1. The molecule has 2 aromatic rings. The third-order valence-corrected chi connectivity index (χ3v) is 3.98. The molecule has 0 bridgehead atoms. The molecule has 4 heteroatoms. The fourth-order valence-corrected chi connectivity index (χ4v) is 2.59. The summed E-state index contributed by atoms with van der Waals surface area (Å²) in [6.07, 6.45) is 3.83. The molecule has 0 unspecified atom stereocenters. The minimum atomic E-state index is 0.569. The molecule has 2 nitrogen and oxygen atoms in total. The highest BCUT2D eigenvalue weighted by Crippen LogP contribution is 2.30. The van der Waals surface area contributed by atoms with Gasteiger partial charge in [-0.2, -0.15) is 0 Å². The Kier molecular flexibility index (Phi) is 2.42. The second-order valence-corrected chi connectivity index (χ2v) is 5.04. The SMILES string of the molecule is CC(C)c1cnc(-c2cncs2)s1. The van der Waals surface area contributed by atoms with Gasteiger partial charge in [0.25, 0.3) is 0 Å². The van der Waals surface area contributed by atoms with E-state index >= 15 is 0 Å². The lowest BCUT2D eigenvalue weighted by Crippen LogP contribution is -1.77. The molecule has 0 N–H and O–H groups in total. The van der Waals surface area contributed by atoms with Gasteiger partial charge in [0.2, 0.25) is 0 Å². The molecule has 0 spiro atoms. The van der Waals surface area contributed by atoms with Crippen LogP contribution in [-0.2, 0) is 0 Å². The van der Waals surface area contributed by atoms with Gasteiger partial charge in [0.1, 0.15) is 5.01 Å². The topological polar surface area (TPSA) is 25.8 Å². The van der Waals surface area contributed by atoms with Gasteiger partial charge in [-0.05, 0) is 5.92 Å². The van der Waals surface area contributed by atoms with Crippen LogP contribution in [0.5, 0.6) is 0 Å². The van der Waals surface area contributed by atoms with Gasteiger partial charge < -0.3 is 0 Å². The van der Waals surface area contributed by atoms with Gasteiger partial charge >= 0.3 is 0 Å². The number of hydrogen-bond donors (Lipinski definition) is 0. The van der Waals surface area contributed by atoms with Crippen LogP contribution in [0.3, 0.4) is 0 Å². The van der Waals surface area contributed by atoms with Crippen LogP contribution in [-0.4, -0.2) is 9.97 Å². The molecule has 0 radical (unpaired) electrons. The van der Waals surface area contributed by atoms with Crippen LogP contribution in [0.15, 0.2) is 17.9 Å². The molecule has 0 fully saturated rings. The Morgan fingerprint density at radius 1 is 1.31 bits per heavy atom. The van der Waals surface area contributed by atoms with E-state index in [4.69, 9.17) is 0 Å². The molecular weight excluding hydrogens is 200 g/mol. The Hall–Kier alpha value is -0.740. The van der Waals surface area contributed by atoms with Crippen LogP contribution < -0.4 is 0 Å². The molecule has 2 rings (SSSR count). The van der Waals surface area contributed by atoms with Gasteiger partial charge in [-0.15, -0.1) is 22.7 Å². The summed E-state index contributed by atoms with van der Waals surface area (Å²) >= 11 is 3.40. The Bertz CT molecular complexity index is 376. The maximum absolute atomic E-state index is 4.37. The monoisotopic (exact) mass is 210 g/mol. The first-order valence-electron chi connectivity index (χ1n) is 4.12. The molecule has 0 aliphatic carbocycles. The molecule has 0 amide bonds. The number of rotatable bonds is 2. The van der Waals surface area contributed by atoms with Crippen molar-refractivity contribution in [3.05, 3.63) is 22.8 Å². The van der Waals surface area contributed by atoms with Crippen molar-refractivity contribution in [3.8, 4) is 9.88 Å². The fraction of sp³-hybridized carbons (Fsp3) is 0.333. The Morgan fingerprint density at radius 2 is 2.15 bits per heavy atom. The lowest BCUT2D eigenvalue weighted by Gasteiger charge is -1.95. The molecule has 13 heavy (non-hydrogen) atoms. The van der Waals surface area contributed by atoms with Gasteiger partial charge in [0.15, 0.2) is 0 Å². The minimum absolute atomic E-state index is 0.569. The average molecular weight is 210 g/mol. The van der Waals surface area contributed by atoms with E-state index in [2.05, 4.69) is 23.8 Å². The Balaban J connectivity index is 2.33. The first kappa shape index (κ1) is 8.84. The third kappa shape index (κ3) is 1.78. The van der Waals surface area contributed by atoms with Crippen molar-refractivity contribution in [1.29, 1.82) is 0 Å². The van der Waals surface area contributed by atoms with Crippen molar-refractivity contribution in [1.82, 2.24) is 9.97 Å². The van der Waals surface area contributed by atoms with Crippen LogP contribution in [0, 0.1) is 0 Å². The van der Waals surface area contributed by atoms with Crippen LogP contribution in [0.1, 0.15) is 24.6 Å². The summed E-state index contributed by atoms with van der Waals surface area (Å²) < 4.78 is 0. The molecule has 68 valence electrons. The first-order valence-corrected chi connectivity index (χ1v) is 5.81. The van der Waals surface area contributed by atoms with Crippen LogP contribution in [0.2, 0.25) is 0 Å². The molecule has 2 aromatic heterocycles. The highest BCUT2D eigenvalue weighted by molar-refractivity contribution is 7.20. The van der Waals surface area contributed by atoms with E-state index in [1.54, 1.807) is 22.7 Å². The second-order valence-electron chi connectivity index (χ2n) is 3.09. The number of hydrogen-bond acceptors (Lipinski definition) is 4. The quantitative estimate of drug-likeness (QED) is 0.759. The highest BCUT2D eigenvalue weighted by Gasteiger charge is 2.07. The summed E-state index contributed by atoms with van der Waals surface area (Å²) in [4.78, 5) is 10.9. The van der Waals surface area contributed by atoms with Crippen molar-refractivity contribution < 1.29 is 0 Å². The molecule has 2 heterocycles. The third-order valence-electron chi connectivity index (χ3n) is 1.74. The van der Waals surface area contributed by atoms with Gasteiger partial charge in [-0.3, -0.25) is 4.98 Å². The van der Waals surface area contributed by atoms with E-state index in [1.807, 2.05) is 17.9 Å². The Labute approximate surface area is 85.3 Å². The molecule has 0 aromatic carbocycles. The van der Waals surface area contributed by atoms with E-state index in [1.165, 1.54) is 4.88 Å². The average Bonchev–Trinajstić information content (AvgIpc) is 2.75. The maximum atomic E-state index is 4.37. The normalized spacial score (nSPS) is 11.0. The molecule has 0 saturated heterocycles. The van der Waals surface area contributed by atoms with Crippen molar-refractivity contribution in [2.45, 2.75) is 19.8 Å². The standard InChI is InChI=1S/C9H10N2S2/c1-6(2)7-4-11-9(13-7)8-3-10-5-12-8/h3-6H,1-2H3.